The fourth-order valence-corrected chi connectivity index (χ4v) is 7.26. The number of nitrogens with two attached hydrogens (primary N) is 2. The van der Waals surface area contributed by atoms with Gasteiger partial charge in [-0.05, 0) is 113 Å². The van der Waals surface area contributed by atoms with Gasteiger partial charge in [-0.2, -0.15) is 0 Å². The highest BCUT2D eigenvalue weighted by Crippen LogP contribution is 2.30. The van der Waals surface area contributed by atoms with Crippen LogP contribution < -0.4 is 11.1 Å². The molecule has 1 aliphatic carbocycles. The quantitative estimate of drug-likeness (QED) is 0.126. The zero-order valence-electron chi connectivity index (χ0n) is 31.6. The molecule has 0 amide bonds. The van der Waals surface area contributed by atoms with Gasteiger partial charge in [-0.25, -0.2) is 9.98 Å². The molecule has 266 valence electrons. The first-order chi connectivity index (χ1) is 23.2. The van der Waals surface area contributed by atoms with E-state index in [-0.39, 0.29) is 17.6 Å². The van der Waals surface area contributed by atoms with Crippen molar-refractivity contribution in [1.82, 2.24) is 9.80 Å². The van der Waals surface area contributed by atoms with Gasteiger partial charge in [-0.3, -0.25) is 10.2 Å². The lowest BCUT2D eigenvalue weighted by Gasteiger charge is -2.39. The smallest absolute Gasteiger partial charge is 0.210 e. The molecule has 8 nitrogen and oxygen atoms in total. The largest absolute Gasteiger partial charge is 0.476 e. The van der Waals surface area contributed by atoms with Crippen LogP contribution in [0.2, 0.25) is 0 Å². The lowest BCUT2D eigenvalue weighted by Crippen LogP contribution is -2.94. The maximum Gasteiger partial charge on any atom is 0.210 e. The van der Waals surface area contributed by atoms with Crippen LogP contribution in [0, 0.1) is 19.3 Å². The van der Waals surface area contributed by atoms with E-state index in [1.807, 2.05) is 26.1 Å². The van der Waals surface area contributed by atoms with Gasteiger partial charge >= 0.3 is 0 Å². The summed E-state index contributed by atoms with van der Waals surface area (Å²) >= 11 is 0. The summed E-state index contributed by atoms with van der Waals surface area (Å²) in [4.78, 5) is 14.2. The lowest BCUT2D eigenvalue weighted by atomic mass is 9.87. The number of quaternary nitrogens is 1. The molecule has 1 aromatic rings. The second-order valence-corrected chi connectivity index (χ2v) is 15.0. The molecule has 0 bridgehead atoms. The molecule has 0 saturated heterocycles. The normalized spacial score (nSPS) is 20.8. The second-order valence-electron chi connectivity index (χ2n) is 15.0. The molecule has 3 aliphatic rings. The predicted octanol–water partition coefficient (Wildman–Crippen LogP) is 6.50. The topological polar surface area (TPSA) is 103 Å². The van der Waals surface area contributed by atoms with Gasteiger partial charge in [0.15, 0.2) is 0 Å². The number of ether oxygens (including phenoxy) is 1. The van der Waals surface area contributed by atoms with Gasteiger partial charge in [0.1, 0.15) is 24.2 Å². The summed E-state index contributed by atoms with van der Waals surface area (Å²) in [6.07, 6.45) is 16.2. The monoisotopic (exact) mass is 669 g/mol. The van der Waals surface area contributed by atoms with E-state index in [4.69, 9.17) is 20.5 Å². The third-order valence-electron chi connectivity index (χ3n) is 9.35. The molecule has 4 unspecified atom stereocenters. The van der Waals surface area contributed by atoms with Crippen LogP contribution in [-0.4, -0.2) is 70.8 Å². The fraction of sp³-hybridized carbons (Fsp3) is 0.512. The Kier molecular flexibility index (Phi) is 13.2. The Labute approximate surface area is 295 Å². The Bertz CT molecular complexity index is 1560. The van der Waals surface area contributed by atoms with Gasteiger partial charge < -0.3 is 20.5 Å². The minimum Gasteiger partial charge on any atom is -0.476 e. The van der Waals surface area contributed by atoms with Crippen molar-refractivity contribution in [2.24, 2.45) is 21.1 Å². The summed E-state index contributed by atoms with van der Waals surface area (Å²) in [5.41, 5.74) is 16.4. The Morgan fingerprint density at radius 2 is 1.94 bits per heavy atom. The van der Waals surface area contributed by atoms with Crippen molar-refractivity contribution in [3.8, 4) is 0 Å². The Balaban J connectivity index is 1.71. The number of aliphatic imine (C=N–C) groups is 2. The molecule has 2 heterocycles. The van der Waals surface area contributed by atoms with Crippen LogP contribution in [0.3, 0.4) is 0 Å². The summed E-state index contributed by atoms with van der Waals surface area (Å²) in [5, 5.41) is 14.6. The zero-order chi connectivity index (χ0) is 35.9. The van der Waals surface area contributed by atoms with Crippen LogP contribution in [0.25, 0.3) is 5.57 Å². The molecule has 5 N–H and O–H groups in total. The van der Waals surface area contributed by atoms with E-state index < -0.39 is 12.4 Å². The van der Waals surface area contributed by atoms with Gasteiger partial charge in [0.2, 0.25) is 12.1 Å². The van der Waals surface area contributed by atoms with E-state index in [2.05, 4.69) is 119 Å². The number of hydrogen-bond donors (Lipinski definition) is 3. The highest BCUT2D eigenvalue weighted by atomic mass is 16.5. The van der Waals surface area contributed by atoms with Crippen molar-refractivity contribution in [3.63, 3.8) is 0 Å². The highest BCUT2D eigenvalue weighted by molar-refractivity contribution is 6.01. The van der Waals surface area contributed by atoms with Crippen LogP contribution in [0.15, 0.2) is 93.4 Å². The molecule has 8 heteroatoms. The summed E-state index contributed by atoms with van der Waals surface area (Å²) < 4.78 is 6.64. The Hall–Kier alpha value is -3.56. The zero-order valence-corrected chi connectivity index (χ0v) is 31.6. The number of fused-ring (bicyclic) bond motifs is 1. The number of aryl methyl sites for hydroxylation is 2. The van der Waals surface area contributed by atoms with Gasteiger partial charge in [0, 0.05) is 24.4 Å². The molecule has 4 atom stereocenters. The molecule has 2 aliphatic heterocycles. The molecule has 0 fully saturated rings. The first-order valence-corrected chi connectivity index (χ1v) is 18.0. The number of aliphatic hydroxyl groups excluding tert-OH is 1. The van der Waals surface area contributed by atoms with Crippen LogP contribution in [0.4, 0.5) is 0 Å². The van der Waals surface area contributed by atoms with Gasteiger partial charge in [0.05, 0.1) is 18.9 Å². The second kappa shape index (κ2) is 16.9. The number of aliphatic hydroxyl groups is 1. The molecule has 0 radical (unpaired) electrons. The average Bonchev–Trinajstić information content (AvgIpc) is 3.34. The maximum atomic E-state index is 12.3. The van der Waals surface area contributed by atoms with Crippen LogP contribution in [0.5, 0.6) is 0 Å². The van der Waals surface area contributed by atoms with Gasteiger partial charge in [-0.1, -0.05) is 63.3 Å². The molecule has 49 heavy (non-hydrogen) atoms. The number of hydrogen-bond acceptors (Lipinski definition) is 7. The van der Waals surface area contributed by atoms with Gasteiger partial charge in [0.25, 0.3) is 0 Å². The summed E-state index contributed by atoms with van der Waals surface area (Å²) in [6.45, 7) is 23.1. The first kappa shape index (κ1) is 38.2. The van der Waals surface area contributed by atoms with Gasteiger partial charge in [-0.15, -0.1) is 0 Å². The van der Waals surface area contributed by atoms with E-state index in [1.54, 1.807) is 0 Å². The molecule has 0 saturated carbocycles. The van der Waals surface area contributed by atoms with E-state index in [0.29, 0.717) is 19.0 Å². The number of allylic oxidation sites excluding steroid dienone is 6. The molecule has 1 aromatic carbocycles. The molecular formula is C41H61N6O2+. The fourth-order valence-electron chi connectivity index (χ4n) is 7.26. The van der Waals surface area contributed by atoms with Crippen molar-refractivity contribution in [2.75, 3.05) is 19.7 Å². The summed E-state index contributed by atoms with van der Waals surface area (Å²) in [7, 11) is 0. The van der Waals surface area contributed by atoms with E-state index in [0.717, 1.165) is 48.4 Å². The minimum atomic E-state index is -0.831. The van der Waals surface area contributed by atoms with E-state index in [9.17, 15) is 5.11 Å². The predicted molar refractivity (Wildman–Crippen MR) is 205 cm³/mol. The number of nitrogens with zero attached hydrogens (tertiary/aromatic N) is 4. The number of rotatable bonds is 13. The third kappa shape index (κ3) is 10.2. The maximum absolute atomic E-state index is 12.3. The standard InChI is InChI=1S/C41H60N6O2/c1-11-15-32-18-14-19-33(22-32)40(48)47(25-34-24-43-36-21-30(6)46(12-2)39(36)45-34)35(23-41(8,9)10)26-49-37(44-31(7)42)20-29(5)38-27(3)16-13-17-28(38)4/h11,13,15-17,19-22,24,31,35,39-40,45,48H,12,14,18,23,25-26,42H2,1-10H3/p+1/b15-11-,29-20+,44-37+. The SMILES string of the molecule is C/C=C\C1=CC(C(O)N(CC2=CN=C3C=C(C)N(CC)C3[NH2+]2)C(COC(/C=C(\C)c2c(C)cccc2C)=N/C(C)N)CC(C)(C)C)=CCC1. The average molecular weight is 670 g/mol. The third-order valence-corrected chi connectivity index (χ3v) is 9.35. The highest BCUT2D eigenvalue weighted by Gasteiger charge is 2.38. The molecule has 0 aromatic heterocycles. The Morgan fingerprint density at radius 3 is 2.57 bits per heavy atom. The molecule has 4 rings (SSSR count). The summed E-state index contributed by atoms with van der Waals surface area (Å²) in [5.74, 6) is 0.499. The van der Waals surface area contributed by atoms with Crippen LogP contribution in [0.1, 0.15) is 91.3 Å². The Morgan fingerprint density at radius 1 is 1.22 bits per heavy atom. The lowest BCUT2D eigenvalue weighted by molar-refractivity contribution is -0.648. The summed E-state index contributed by atoms with van der Waals surface area (Å²) in [6, 6.07) is 6.20. The molecular weight excluding hydrogens is 608 g/mol. The van der Waals surface area contributed by atoms with Crippen molar-refractivity contribution in [3.05, 3.63) is 100 Å². The molecule has 0 spiro atoms. The van der Waals surface area contributed by atoms with E-state index >= 15 is 0 Å². The van der Waals surface area contributed by atoms with E-state index in [1.165, 1.54) is 28.0 Å². The minimum absolute atomic E-state index is 0.0388. The van der Waals surface area contributed by atoms with Crippen LogP contribution >= 0.6 is 0 Å². The van der Waals surface area contributed by atoms with Crippen molar-refractivity contribution in [1.29, 1.82) is 0 Å². The van der Waals surface area contributed by atoms with Crippen molar-refractivity contribution in [2.45, 2.75) is 113 Å². The van der Waals surface area contributed by atoms with Crippen molar-refractivity contribution < 1.29 is 15.2 Å². The van der Waals surface area contributed by atoms with Crippen LogP contribution in [-0.2, 0) is 4.74 Å². The van der Waals surface area contributed by atoms with Crippen molar-refractivity contribution >= 4 is 17.2 Å². The number of benzene rings is 1. The first-order valence-electron chi connectivity index (χ1n) is 18.0.